The van der Waals surface area contributed by atoms with E-state index < -0.39 is 10.2 Å². The van der Waals surface area contributed by atoms with Crippen molar-refractivity contribution < 1.29 is 8.42 Å². The molecule has 90 valence electrons. The van der Waals surface area contributed by atoms with Crippen LogP contribution in [0.5, 0.6) is 0 Å². The minimum Gasteiger partial charge on any atom is -0.269 e. The molecule has 0 atom stereocenters. The van der Waals surface area contributed by atoms with Gasteiger partial charge in [-0.3, -0.25) is 4.72 Å². The normalized spacial score (nSPS) is 12.1. The minimum atomic E-state index is -3.50. The summed E-state index contributed by atoms with van der Waals surface area (Å²) >= 11 is 3.18. The van der Waals surface area contributed by atoms with Crippen molar-refractivity contribution >= 4 is 31.8 Å². The third kappa shape index (κ3) is 3.43. The lowest BCUT2D eigenvalue weighted by Gasteiger charge is -2.21. The maximum absolute atomic E-state index is 11.8. The van der Waals surface area contributed by atoms with E-state index in [0.29, 0.717) is 10.3 Å². The Hall–Kier alpha value is -0.660. The van der Waals surface area contributed by atoms with E-state index in [0.717, 1.165) is 0 Å². The number of halogens is 1. The van der Waals surface area contributed by atoms with Crippen molar-refractivity contribution in [2.75, 3.05) is 11.8 Å². The van der Waals surface area contributed by atoms with Crippen LogP contribution < -0.4 is 4.72 Å². The van der Waals surface area contributed by atoms with Crippen molar-refractivity contribution in [3.63, 3.8) is 0 Å². The zero-order valence-corrected chi connectivity index (χ0v) is 11.7. The molecular formula is C9H14BrN3O2S. The molecule has 0 bridgehead atoms. The third-order valence-electron chi connectivity index (χ3n) is 2.08. The SMILES string of the molecule is CC(C)N(C)S(=O)(=O)Nc1ccc(Br)nc1. The highest BCUT2D eigenvalue weighted by molar-refractivity contribution is 9.10. The van der Waals surface area contributed by atoms with Gasteiger partial charge in [0.05, 0.1) is 11.9 Å². The molecule has 7 heteroatoms. The fourth-order valence-corrected chi connectivity index (χ4v) is 2.29. The van der Waals surface area contributed by atoms with Crippen LogP contribution in [0.25, 0.3) is 0 Å². The Morgan fingerprint density at radius 2 is 2.06 bits per heavy atom. The van der Waals surface area contributed by atoms with Crippen molar-refractivity contribution in [2.24, 2.45) is 0 Å². The first-order chi connectivity index (χ1) is 7.33. The second kappa shape index (κ2) is 5.11. The largest absolute Gasteiger partial charge is 0.301 e. The number of nitrogens with zero attached hydrogens (tertiary/aromatic N) is 2. The summed E-state index contributed by atoms with van der Waals surface area (Å²) in [5.41, 5.74) is 0.440. The summed E-state index contributed by atoms with van der Waals surface area (Å²) in [6.45, 7) is 3.61. The molecule has 16 heavy (non-hydrogen) atoms. The highest BCUT2D eigenvalue weighted by atomic mass is 79.9. The summed E-state index contributed by atoms with van der Waals surface area (Å²) < 4.78 is 28.0. The molecule has 1 N–H and O–H groups in total. The molecule has 1 rings (SSSR count). The molecule has 0 saturated carbocycles. The first-order valence-corrected chi connectivity index (χ1v) is 6.93. The van der Waals surface area contributed by atoms with Gasteiger partial charge in [0.25, 0.3) is 0 Å². The van der Waals surface area contributed by atoms with Crippen molar-refractivity contribution in [1.29, 1.82) is 0 Å². The van der Waals surface area contributed by atoms with E-state index in [2.05, 4.69) is 25.6 Å². The van der Waals surface area contributed by atoms with Crippen LogP contribution in [0, 0.1) is 0 Å². The zero-order chi connectivity index (χ0) is 12.3. The molecule has 0 spiro atoms. The number of rotatable bonds is 4. The third-order valence-corrected chi connectivity index (χ3v) is 4.22. The fraction of sp³-hybridized carbons (Fsp3) is 0.444. The number of hydrogen-bond donors (Lipinski definition) is 1. The first kappa shape index (κ1) is 13.4. The van der Waals surface area contributed by atoms with Gasteiger partial charge in [-0.25, -0.2) is 4.98 Å². The number of hydrogen-bond acceptors (Lipinski definition) is 3. The maximum Gasteiger partial charge on any atom is 0.301 e. The van der Waals surface area contributed by atoms with Crippen LogP contribution in [0.15, 0.2) is 22.9 Å². The minimum absolute atomic E-state index is 0.0964. The molecule has 5 nitrogen and oxygen atoms in total. The Kier molecular flexibility index (Phi) is 4.28. The second-order valence-electron chi connectivity index (χ2n) is 3.59. The van der Waals surface area contributed by atoms with Gasteiger partial charge in [-0.05, 0) is 41.9 Å². The molecule has 0 amide bonds. The van der Waals surface area contributed by atoms with Gasteiger partial charge < -0.3 is 0 Å². The van der Waals surface area contributed by atoms with Gasteiger partial charge in [-0.2, -0.15) is 12.7 Å². The number of anilines is 1. The van der Waals surface area contributed by atoms with Crippen LogP contribution in [0.2, 0.25) is 0 Å². The van der Waals surface area contributed by atoms with E-state index in [4.69, 9.17) is 0 Å². The molecular weight excluding hydrogens is 294 g/mol. The quantitative estimate of drug-likeness (QED) is 0.863. The predicted octanol–water partition coefficient (Wildman–Crippen LogP) is 1.84. The molecule has 1 aromatic rings. The Balaban J connectivity index is 2.85. The summed E-state index contributed by atoms with van der Waals surface area (Å²) in [5.74, 6) is 0. The van der Waals surface area contributed by atoms with E-state index in [1.807, 2.05) is 0 Å². The van der Waals surface area contributed by atoms with Crippen molar-refractivity contribution in [1.82, 2.24) is 9.29 Å². The monoisotopic (exact) mass is 307 g/mol. The van der Waals surface area contributed by atoms with Gasteiger partial charge in [0.1, 0.15) is 4.60 Å². The molecule has 0 aliphatic rings. The predicted molar refractivity (Wildman–Crippen MR) is 67.4 cm³/mol. The molecule has 1 heterocycles. The number of nitrogens with one attached hydrogen (secondary N) is 1. The zero-order valence-electron chi connectivity index (χ0n) is 9.31. The fourth-order valence-electron chi connectivity index (χ4n) is 0.935. The van der Waals surface area contributed by atoms with Gasteiger partial charge >= 0.3 is 10.2 Å². The summed E-state index contributed by atoms with van der Waals surface area (Å²) in [5, 5.41) is 0. The first-order valence-electron chi connectivity index (χ1n) is 4.70. The molecule has 0 radical (unpaired) electrons. The standard InChI is InChI=1S/C9H14BrN3O2S/c1-7(2)13(3)16(14,15)12-8-4-5-9(10)11-6-8/h4-7,12H,1-3H3. The highest BCUT2D eigenvalue weighted by Gasteiger charge is 2.20. The Morgan fingerprint density at radius 1 is 1.44 bits per heavy atom. The van der Waals surface area contributed by atoms with Crippen LogP contribution in [0.4, 0.5) is 5.69 Å². The Morgan fingerprint density at radius 3 is 2.50 bits per heavy atom. The lowest BCUT2D eigenvalue weighted by atomic mass is 10.4. The molecule has 0 aromatic carbocycles. The van der Waals surface area contributed by atoms with E-state index in [9.17, 15) is 8.42 Å². The highest BCUT2D eigenvalue weighted by Crippen LogP contribution is 2.13. The molecule has 0 aliphatic heterocycles. The van der Waals surface area contributed by atoms with Gasteiger partial charge in [-0.15, -0.1) is 0 Å². The lowest BCUT2D eigenvalue weighted by Crippen LogP contribution is -2.37. The summed E-state index contributed by atoms with van der Waals surface area (Å²) in [7, 11) is -1.97. The van der Waals surface area contributed by atoms with Crippen molar-refractivity contribution in [2.45, 2.75) is 19.9 Å². The average Bonchev–Trinajstić information content (AvgIpc) is 2.20. The van der Waals surface area contributed by atoms with Crippen LogP contribution >= 0.6 is 15.9 Å². The Bertz CT molecular complexity index is 444. The molecule has 0 fully saturated rings. The van der Waals surface area contributed by atoms with Crippen LogP contribution in [-0.4, -0.2) is 30.8 Å². The Labute approximate surface area is 104 Å². The molecule has 0 unspecified atom stereocenters. The topological polar surface area (TPSA) is 62.3 Å². The van der Waals surface area contributed by atoms with Gasteiger partial charge in [0, 0.05) is 13.1 Å². The van der Waals surface area contributed by atoms with Crippen molar-refractivity contribution in [3.8, 4) is 0 Å². The molecule has 0 aliphatic carbocycles. The maximum atomic E-state index is 11.8. The van der Waals surface area contributed by atoms with E-state index in [-0.39, 0.29) is 6.04 Å². The number of aromatic nitrogens is 1. The van der Waals surface area contributed by atoms with E-state index >= 15 is 0 Å². The van der Waals surface area contributed by atoms with Crippen LogP contribution in [0.3, 0.4) is 0 Å². The second-order valence-corrected chi connectivity index (χ2v) is 6.13. The average molecular weight is 308 g/mol. The number of pyridine rings is 1. The molecule has 1 aromatic heterocycles. The van der Waals surface area contributed by atoms with E-state index in [1.165, 1.54) is 17.5 Å². The van der Waals surface area contributed by atoms with Crippen molar-refractivity contribution in [3.05, 3.63) is 22.9 Å². The van der Waals surface area contributed by atoms with Gasteiger partial charge in [-0.1, -0.05) is 0 Å². The van der Waals surface area contributed by atoms with Crippen LogP contribution in [-0.2, 0) is 10.2 Å². The molecule has 0 saturated heterocycles. The van der Waals surface area contributed by atoms with E-state index in [1.54, 1.807) is 26.0 Å². The summed E-state index contributed by atoms with van der Waals surface area (Å²) in [4.78, 5) is 3.94. The lowest BCUT2D eigenvalue weighted by molar-refractivity contribution is 0.414. The summed E-state index contributed by atoms with van der Waals surface area (Å²) in [6.07, 6.45) is 1.45. The van der Waals surface area contributed by atoms with Gasteiger partial charge in [0.2, 0.25) is 0 Å². The summed E-state index contributed by atoms with van der Waals surface area (Å²) in [6, 6.07) is 3.22. The van der Waals surface area contributed by atoms with Crippen LogP contribution in [0.1, 0.15) is 13.8 Å². The smallest absolute Gasteiger partial charge is 0.269 e. The van der Waals surface area contributed by atoms with Gasteiger partial charge in [0.15, 0.2) is 0 Å².